The van der Waals surface area contributed by atoms with Gasteiger partial charge in [0.1, 0.15) is 11.6 Å². The van der Waals surface area contributed by atoms with Gasteiger partial charge in [0.05, 0.1) is 12.4 Å². The zero-order valence-corrected chi connectivity index (χ0v) is 13.3. The molecule has 4 nitrogen and oxygen atoms in total. The summed E-state index contributed by atoms with van der Waals surface area (Å²) >= 11 is 0. The molecule has 0 spiro atoms. The number of amides is 1. The Balaban J connectivity index is 1.53. The van der Waals surface area contributed by atoms with Crippen LogP contribution in [0.3, 0.4) is 0 Å². The molecule has 1 amide bonds. The Morgan fingerprint density at radius 2 is 1.96 bits per heavy atom. The van der Waals surface area contributed by atoms with Gasteiger partial charge in [0.15, 0.2) is 0 Å². The summed E-state index contributed by atoms with van der Waals surface area (Å²) in [4.78, 5) is 13.9. The van der Waals surface area contributed by atoms with Crippen molar-refractivity contribution in [2.45, 2.75) is 18.9 Å². The molecule has 1 fully saturated rings. The van der Waals surface area contributed by atoms with Crippen LogP contribution in [0.1, 0.15) is 30.3 Å². The van der Waals surface area contributed by atoms with E-state index in [2.05, 4.69) is 0 Å². The Morgan fingerprint density at radius 1 is 1.25 bits per heavy atom. The summed E-state index contributed by atoms with van der Waals surface area (Å²) in [5.41, 5.74) is 0.721. The van der Waals surface area contributed by atoms with E-state index >= 15 is 0 Å². The molecule has 1 aliphatic rings. The van der Waals surface area contributed by atoms with Gasteiger partial charge < -0.3 is 14.4 Å². The highest BCUT2D eigenvalue weighted by Gasteiger charge is 2.27. The van der Waals surface area contributed by atoms with E-state index in [-0.39, 0.29) is 17.6 Å². The predicted molar refractivity (Wildman–Crippen MR) is 88.4 cm³/mol. The van der Waals surface area contributed by atoms with E-state index in [0.717, 1.165) is 18.4 Å². The predicted octanol–water partition coefficient (Wildman–Crippen LogP) is 3.40. The Labute approximate surface area is 140 Å². The van der Waals surface area contributed by atoms with Gasteiger partial charge in [0.2, 0.25) is 5.91 Å². The molecule has 0 bridgehead atoms. The van der Waals surface area contributed by atoms with E-state index in [4.69, 9.17) is 4.42 Å². The van der Waals surface area contributed by atoms with Gasteiger partial charge >= 0.3 is 0 Å². The molecule has 1 aromatic heterocycles. The van der Waals surface area contributed by atoms with E-state index in [9.17, 15) is 14.3 Å². The standard InChI is InChI=1S/C19H20FNO3/c20-16-5-3-14(4-6-16)19(23)15-9-11-21(12-10-15)18(22)8-7-17-2-1-13-24-17/h1-8,13,15,19,23H,9-12H2/b8-7-/t19-/m0/s1. The molecule has 3 rings (SSSR count). The summed E-state index contributed by atoms with van der Waals surface area (Å²) in [6, 6.07) is 9.50. The van der Waals surface area contributed by atoms with Gasteiger partial charge in [-0.05, 0) is 54.7 Å². The van der Waals surface area contributed by atoms with Gasteiger partial charge in [-0.1, -0.05) is 12.1 Å². The van der Waals surface area contributed by atoms with Gasteiger partial charge in [-0.15, -0.1) is 0 Å². The van der Waals surface area contributed by atoms with Crippen molar-refractivity contribution >= 4 is 12.0 Å². The third-order valence-corrected chi connectivity index (χ3v) is 4.44. The number of aliphatic hydroxyl groups excluding tert-OH is 1. The molecule has 1 N–H and O–H groups in total. The number of halogens is 1. The second kappa shape index (κ2) is 7.45. The van der Waals surface area contributed by atoms with E-state index < -0.39 is 6.10 Å². The summed E-state index contributed by atoms with van der Waals surface area (Å²) < 4.78 is 18.1. The monoisotopic (exact) mass is 329 g/mol. The largest absolute Gasteiger partial charge is 0.465 e. The zero-order chi connectivity index (χ0) is 16.9. The number of carbonyl (C=O) groups is 1. The van der Waals surface area contributed by atoms with Crippen LogP contribution in [0.15, 0.2) is 53.2 Å². The number of piperidine rings is 1. The van der Waals surface area contributed by atoms with Crippen molar-refractivity contribution in [3.05, 3.63) is 65.9 Å². The van der Waals surface area contributed by atoms with Crippen molar-refractivity contribution < 1.29 is 18.7 Å². The number of carbonyl (C=O) groups excluding carboxylic acids is 1. The fourth-order valence-electron chi connectivity index (χ4n) is 3.01. The van der Waals surface area contributed by atoms with Gasteiger partial charge in [-0.3, -0.25) is 4.79 Å². The first-order chi connectivity index (χ1) is 11.6. The highest BCUT2D eigenvalue weighted by molar-refractivity contribution is 5.91. The number of hydrogen-bond acceptors (Lipinski definition) is 3. The van der Waals surface area contributed by atoms with E-state index in [1.807, 2.05) is 0 Å². The SMILES string of the molecule is O=C(/C=C\c1ccco1)N1CCC([C@@H](O)c2ccc(F)cc2)CC1. The van der Waals surface area contributed by atoms with E-state index in [1.54, 1.807) is 41.5 Å². The topological polar surface area (TPSA) is 53.7 Å². The van der Waals surface area contributed by atoms with Crippen molar-refractivity contribution in [3.63, 3.8) is 0 Å². The molecule has 2 heterocycles. The minimum atomic E-state index is -0.624. The molecule has 0 saturated carbocycles. The van der Waals surface area contributed by atoms with E-state index in [0.29, 0.717) is 18.8 Å². The average Bonchev–Trinajstić information content (AvgIpc) is 3.13. The van der Waals surface area contributed by atoms with Crippen LogP contribution in [0.5, 0.6) is 0 Å². The molecular weight excluding hydrogens is 309 g/mol. The minimum Gasteiger partial charge on any atom is -0.465 e. The zero-order valence-electron chi connectivity index (χ0n) is 13.3. The van der Waals surface area contributed by atoms with Gasteiger partial charge in [-0.2, -0.15) is 0 Å². The Kier molecular flexibility index (Phi) is 5.11. The van der Waals surface area contributed by atoms with Crippen LogP contribution in [0, 0.1) is 11.7 Å². The van der Waals surface area contributed by atoms with Crippen molar-refractivity contribution in [3.8, 4) is 0 Å². The molecule has 1 aromatic carbocycles. The molecule has 1 atom stereocenters. The lowest BCUT2D eigenvalue weighted by Gasteiger charge is -2.33. The van der Waals surface area contributed by atoms with Gasteiger partial charge in [0, 0.05) is 19.2 Å². The highest BCUT2D eigenvalue weighted by atomic mass is 19.1. The summed E-state index contributed by atoms with van der Waals surface area (Å²) in [5.74, 6) is 0.356. The third kappa shape index (κ3) is 3.92. The molecule has 1 saturated heterocycles. The first-order valence-electron chi connectivity index (χ1n) is 8.07. The lowest BCUT2D eigenvalue weighted by atomic mass is 9.87. The maximum Gasteiger partial charge on any atom is 0.246 e. The molecule has 0 radical (unpaired) electrons. The first kappa shape index (κ1) is 16.5. The smallest absolute Gasteiger partial charge is 0.246 e. The summed E-state index contributed by atoms with van der Waals surface area (Å²) in [6.07, 6.45) is 5.54. The van der Waals surface area contributed by atoms with Crippen LogP contribution in [0.4, 0.5) is 4.39 Å². The summed E-state index contributed by atoms with van der Waals surface area (Å²) in [7, 11) is 0. The maximum absolute atomic E-state index is 13.0. The number of benzene rings is 1. The van der Waals surface area contributed by atoms with Crippen LogP contribution in [0.2, 0.25) is 0 Å². The molecule has 5 heteroatoms. The van der Waals surface area contributed by atoms with Crippen LogP contribution in [-0.2, 0) is 4.79 Å². The number of rotatable bonds is 4. The lowest BCUT2D eigenvalue weighted by molar-refractivity contribution is -0.127. The molecular formula is C19H20FNO3. The highest BCUT2D eigenvalue weighted by Crippen LogP contribution is 2.30. The van der Waals surface area contributed by atoms with Crippen LogP contribution in [0.25, 0.3) is 6.08 Å². The Hall–Kier alpha value is -2.40. The first-order valence-corrected chi connectivity index (χ1v) is 8.07. The maximum atomic E-state index is 13.0. The number of furan rings is 1. The lowest BCUT2D eigenvalue weighted by Crippen LogP contribution is -2.38. The average molecular weight is 329 g/mol. The normalized spacial score (nSPS) is 17.3. The molecule has 2 aromatic rings. The number of nitrogens with zero attached hydrogens (tertiary/aromatic N) is 1. The van der Waals surface area contributed by atoms with Crippen molar-refractivity contribution in [1.29, 1.82) is 0 Å². The van der Waals surface area contributed by atoms with Gasteiger partial charge in [0.25, 0.3) is 0 Å². The number of likely N-dealkylation sites (tertiary alicyclic amines) is 1. The third-order valence-electron chi connectivity index (χ3n) is 4.44. The molecule has 126 valence electrons. The second-order valence-electron chi connectivity index (χ2n) is 6.01. The van der Waals surface area contributed by atoms with Crippen LogP contribution in [-0.4, -0.2) is 29.0 Å². The van der Waals surface area contributed by atoms with Crippen molar-refractivity contribution in [2.75, 3.05) is 13.1 Å². The van der Waals surface area contributed by atoms with Crippen molar-refractivity contribution in [2.24, 2.45) is 5.92 Å². The van der Waals surface area contributed by atoms with E-state index in [1.165, 1.54) is 18.2 Å². The minimum absolute atomic E-state index is 0.0545. The fraction of sp³-hybridized carbons (Fsp3) is 0.316. The quantitative estimate of drug-likeness (QED) is 0.875. The number of hydrogen-bond donors (Lipinski definition) is 1. The van der Waals surface area contributed by atoms with Crippen LogP contribution < -0.4 is 0 Å². The van der Waals surface area contributed by atoms with Gasteiger partial charge in [-0.25, -0.2) is 4.39 Å². The molecule has 1 aliphatic heterocycles. The number of aliphatic hydroxyl groups is 1. The van der Waals surface area contributed by atoms with Crippen LogP contribution >= 0.6 is 0 Å². The van der Waals surface area contributed by atoms with Crippen molar-refractivity contribution in [1.82, 2.24) is 4.90 Å². The molecule has 0 unspecified atom stereocenters. The molecule has 24 heavy (non-hydrogen) atoms. The fourth-order valence-corrected chi connectivity index (χ4v) is 3.01. The second-order valence-corrected chi connectivity index (χ2v) is 6.01. The Bertz CT molecular complexity index is 686. The summed E-state index contributed by atoms with van der Waals surface area (Å²) in [5, 5.41) is 10.4. The summed E-state index contributed by atoms with van der Waals surface area (Å²) in [6.45, 7) is 1.20. The molecule has 0 aliphatic carbocycles. The Morgan fingerprint density at radius 3 is 2.58 bits per heavy atom.